The molecule has 0 aliphatic carbocycles. The fourth-order valence-electron chi connectivity index (χ4n) is 3.84. The summed E-state index contributed by atoms with van der Waals surface area (Å²) in [5.41, 5.74) is 1.56. The number of hydrogen-bond donors (Lipinski definition) is 0. The first-order valence-corrected chi connectivity index (χ1v) is 9.20. The predicted octanol–water partition coefficient (Wildman–Crippen LogP) is 1.94. The van der Waals surface area contributed by atoms with E-state index in [1.807, 2.05) is 16.5 Å². The van der Waals surface area contributed by atoms with Crippen LogP contribution in [0.15, 0.2) is 6.33 Å². The molecule has 0 bridgehead atoms. The lowest BCUT2D eigenvalue weighted by molar-refractivity contribution is -0.137. The molecule has 2 aliphatic heterocycles. The largest absolute Gasteiger partial charge is 0.342 e. The fraction of sp³-hybridized carbons (Fsp3) is 0.722. The molecular weight excluding hydrogens is 304 g/mol. The van der Waals surface area contributed by atoms with Crippen LogP contribution in [-0.2, 0) is 17.8 Å². The highest BCUT2D eigenvalue weighted by molar-refractivity contribution is 5.93. The minimum Gasteiger partial charge on any atom is -0.342 e. The summed E-state index contributed by atoms with van der Waals surface area (Å²) in [6, 6.07) is 0. The van der Waals surface area contributed by atoms with Gasteiger partial charge in [0.15, 0.2) is 0 Å². The summed E-state index contributed by atoms with van der Waals surface area (Å²) < 4.78 is 2.02. The number of rotatable bonds is 4. The van der Waals surface area contributed by atoms with Crippen LogP contribution < -0.4 is 0 Å². The summed E-state index contributed by atoms with van der Waals surface area (Å²) in [6.07, 6.45) is 7.72. The maximum absolute atomic E-state index is 12.7. The third kappa shape index (κ3) is 3.32. The monoisotopic (exact) mass is 332 g/mol. The van der Waals surface area contributed by atoms with Gasteiger partial charge in [-0.3, -0.25) is 9.59 Å². The minimum absolute atomic E-state index is 0.00796. The van der Waals surface area contributed by atoms with Crippen molar-refractivity contribution < 1.29 is 9.59 Å². The number of likely N-dealkylation sites (tertiary alicyclic amines) is 1. The molecule has 3 heterocycles. The van der Waals surface area contributed by atoms with Crippen LogP contribution in [0, 0.1) is 5.92 Å². The van der Waals surface area contributed by atoms with Gasteiger partial charge >= 0.3 is 0 Å². The van der Waals surface area contributed by atoms with E-state index < -0.39 is 0 Å². The molecule has 1 saturated heterocycles. The number of carbonyl (C=O) groups excluding carboxylic acids is 2. The van der Waals surface area contributed by atoms with Gasteiger partial charge in [0.05, 0.1) is 17.9 Å². The van der Waals surface area contributed by atoms with E-state index in [-0.39, 0.29) is 17.7 Å². The third-order valence-corrected chi connectivity index (χ3v) is 5.22. The van der Waals surface area contributed by atoms with Gasteiger partial charge in [0.25, 0.3) is 5.91 Å². The fourth-order valence-corrected chi connectivity index (χ4v) is 3.84. The molecule has 2 aliphatic rings. The molecule has 2 amide bonds. The highest BCUT2D eigenvalue weighted by Crippen LogP contribution is 2.25. The van der Waals surface area contributed by atoms with E-state index in [0.29, 0.717) is 12.2 Å². The zero-order valence-electron chi connectivity index (χ0n) is 14.8. The molecule has 0 spiro atoms. The summed E-state index contributed by atoms with van der Waals surface area (Å²) in [7, 11) is 1.82. The number of carbonyl (C=O) groups is 2. The highest BCUT2D eigenvalue weighted by atomic mass is 16.2. The maximum Gasteiger partial charge on any atom is 0.274 e. The van der Waals surface area contributed by atoms with Gasteiger partial charge in [-0.1, -0.05) is 6.92 Å². The molecule has 3 rings (SSSR count). The minimum atomic E-state index is -0.00796. The molecule has 6 nitrogen and oxygen atoms in total. The van der Waals surface area contributed by atoms with Gasteiger partial charge < -0.3 is 14.4 Å². The van der Waals surface area contributed by atoms with Crippen molar-refractivity contribution in [2.45, 2.75) is 52.0 Å². The summed E-state index contributed by atoms with van der Waals surface area (Å²) in [4.78, 5) is 33.3. The molecule has 6 heteroatoms. The number of aromatic nitrogens is 2. The van der Waals surface area contributed by atoms with Gasteiger partial charge in [-0.2, -0.15) is 0 Å². The smallest absolute Gasteiger partial charge is 0.274 e. The number of amides is 2. The lowest BCUT2D eigenvalue weighted by Crippen LogP contribution is -2.42. The normalized spacial score (nSPS) is 20.6. The number of imidazole rings is 1. The van der Waals surface area contributed by atoms with Gasteiger partial charge in [0, 0.05) is 33.2 Å². The van der Waals surface area contributed by atoms with Gasteiger partial charge in [0.2, 0.25) is 5.91 Å². The molecule has 1 unspecified atom stereocenters. The molecule has 0 N–H and O–H groups in total. The Labute approximate surface area is 143 Å². The van der Waals surface area contributed by atoms with E-state index in [4.69, 9.17) is 0 Å². The number of nitrogens with zero attached hydrogens (tertiary/aromatic N) is 4. The van der Waals surface area contributed by atoms with E-state index in [0.717, 1.165) is 57.4 Å². The molecule has 0 radical (unpaired) electrons. The Morgan fingerprint density at radius 2 is 2.04 bits per heavy atom. The lowest BCUT2D eigenvalue weighted by atomic mass is 9.94. The van der Waals surface area contributed by atoms with Crippen LogP contribution in [0.25, 0.3) is 0 Å². The summed E-state index contributed by atoms with van der Waals surface area (Å²) in [5.74, 6) is 0.303. The van der Waals surface area contributed by atoms with Crippen molar-refractivity contribution in [2.75, 3.05) is 26.7 Å². The zero-order chi connectivity index (χ0) is 17.1. The summed E-state index contributed by atoms with van der Waals surface area (Å²) in [5, 5.41) is 0. The molecular formula is C18H28N4O2. The van der Waals surface area contributed by atoms with Crippen molar-refractivity contribution >= 4 is 11.8 Å². The Balaban J connectivity index is 1.69. The Hall–Kier alpha value is -1.85. The summed E-state index contributed by atoms with van der Waals surface area (Å²) in [6.45, 7) is 5.25. The van der Waals surface area contributed by atoms with Crippen molar-refractivity contribution in [1.29, 1.82) is 0 Å². The quantitative estimate of drug-likeness (QED) is 0.847. The van der Waals surface area contributed by atoms with Crippen LogP contribution in [-0.4, -0.2) is 57.8 Å². The second kappa shape index (κ2) is 7.36. The number of piperidine rings is 1. The third-order valence-electron chi connectivity index (χ3n) is 5.22. The molecule has 24 heavy (non-hydrogen) atoms. The van der Waals surface area contributed by atoms with Crippen LogP contribution >= 0.6 is 0 Å². The van der Waals surface area contributed by atoms with Crippen LogP contribution in [0.4, 0.5) is 0 Å². The SMILES string of the molecule is CCCN(C)C(=O)c1ncn2c1CCC(C(=O)N1CCCCC1)C2. The van der Waals surface area contributed by atoms with Crippen LogP contribution in [0.2, 0.25) is 0 Å². The van der Waals surface area contributed by atoms with Gasteiger partial charge in [0.1, 0.15) is 5.69 Å². The number of hydrogen-bond acceptors (Lipinski definition) is 3. The first-order chi connectivity index (χ1) is 11.6. The van der Waals surface area contributed by atoms with E-state index in [2.05, 4.69) is 11.9 Å². The molecule has 0 saturated carbocycles. The van der Waals surface area contributed by atoms with Gasteiger partial charge in [-0.05, 0) is 38.5 Å². The maximum atomic E-state index is 12.7. The Kier molecular flexibility index (Phi) is 5.21. The second-order valence-electron chi connectivity index (χ2n) is 7.04. The van der Waals surface area contributed by atoms with Crippen molar-refractivity contribution in [1.82, 2.24) is 19.4 Å². The second-order valence-corrected chi connectivity index (χ2v) is 7.04. The van der Waals surface area contributed by atoms with Gasteiger partial charge in [-0.25, -0.2) is 4.98 Å². The zero-order valence-corrected chi connectivity index (χ0v) is 14.8. The summed E-state index contributed by atoms with van der Waals surface area (Å²) >= 11 is 0. The average Bonchev–Trinajstić information content (AvgIpc) is 3.04. The van der Waals surface area contributed by atoms with Crippen LogP contribution in [0.1, 0.15) is 55.2 Å². The first kappa shape index (κ1) is 17.0. The highest BCUT2D eigenvalue weighted by Gasteiger charge is 2.32. The molecule has 1 fully saturated rings. The molecule has 1 aromatic heterocycles. The van der Waals surface area contributed by atoms with Gasteiger partial charge in [-0.15, -0.1) is 0 Å². The Morgan fingerprint density at radius 1 is 1.29 bits per heavy atom. The molecule has 132 valence electrons. The standard InChI is InChI=1S/C18H28N4O2/c1-3-9-20(2)18(24)16-15-8-7-14(12-22(15)13-19-16)17(23)21-10-5-4-6-11-21/h13-14H,3-12H2,1-2H3. The molecule has 1 aromatic rings. The van der Waals surface area contributed by atoms with E-state index >= 15 is 0 Å². The van der Waals surface area contributed by atoms with E-state index in [9.17, 15) is 9.59 Å². The lowest BCUT2D eigenvalue weighted by Gasteiger charge is -2.32. The first-order valence-electron chi connectivity index (χ1n) is 9.20. The van der Waals surface area contributed by atoms with Crippen molar-refractivity contribution in [3.05, 3.63) is 17.7 Å². The average molecular weight is 332 g/mol. The van der Waals surface area contributed by atoms with E-state index in [1.165, 1.54) is 6.42 Å². The molecule has 1 atom stereocenters. The Morgan fingerprint density at radius 3 is 2.75 bits per heavy atom. The predicted molar refractivity (Wildman–Crippen MR) is 91.7 cm³/mol. The Bertz CT molecular complexity index is 604. The van der Waals surface area contributed by atoms with Crippen LogP contribution in [0.5, 0.6) is 0 Å². The van der Waals surface area contributed by atoms with Crippen LogP contribution in [0.3, 0.4) is 0 Å². The van der Waals surface area contributed by atoms with Crippen molar-refractivity contribution in [3.63, 3.8) is 0 Å². The van der Waals surface area contributed by atoms with Crippen molar-refractivity contribution in [2.24, 2.45) is 5.92 Å². The number of fused-ring (bicyclic) bond motifs is 1. The topological polar surface area (TPSA) is 58.4 Å². The van der Waals surface area contributed by atoms with E-state index in [1.54, 1.807) is 11.2 Å². The molecule has 0 aromatic carbocycles. The van der Waals surface area contributed by atoms with Crippen molar-refractivity contribution in [3.8, 4) is 0 Å².